The maximum Gasteiger partial charge on any atom is 0.176 e. The van der Waals surface area contributed by atoms with Gasteiger partial charge in [0.25, 0.3) is 0 Å². The number of benzene rings is 2. The molecule has 0 amide bonds. The number of phenolic OH excluding ortho intramolecular Hbond substituents is 1. The van der Waals surface area contributed by atoms with Crippen molar-refractivity contribution >= 4 is 11.6 Å². The Morgan fingerprint density at radius 1 is 1.00 bits per heavy atom. The molecule has 4 aromatic rings. The number of nitrogens with one attached hydrogen (secondary N) is 1. The number of aromatic nitrogens is 3. The molecule has 0 unspecified atom stereocenters. The van der Waals surface area contributed by atoms with E-state index in [1.807, 2.05) is 12.1 Å². The van der Waals surface area contributed by atoms with Gasteiger partial charge in [0, 0.05) is 29.1 Å². The maximum absolute atomic E-state index is 13.4. The van der Waals surface area contributed by atoms with Crippen LogP contribution < -0.4 is 4.74 Å². The SMILES string of the molecule is COc1cc(-c2nc(-c3ccc(F)cc3)c(-c3ccncc3)[nH]2)cc(Cl)c1O. The molecule has 4 rings (SSSR count). The van der Waals surface area contributed by atoms with E-state index in [4.69, 9.17) is 21.3 Å². The number of aromatic hydroxyl groups is 1. The van der Waals surface area contributed by atoms with Gasteiger partial charge in [-0.1, -0.05) is 11.6 Å². The van der Waals surface area contributed by atoms with Crippen LogP contribution in [0.25, 0.3) is 33.9 Å². The van der Waals surface area contributed by atoms with Gasteiger partial charge in [-0.2, -0.15) is 0 Å². The van der Waals surface area contributed by atoms with Crippen molar-refractivity contribution in [3.63, 3.8) is 0 Å². The van der Waals surface area contributed by atoms with Gasteiger partial charge in [-0.25, -0.2) is 9.37 Å². The number of rotatable bonds is 4. The van der Waals surface area contributed by atoms with E-state index in [-0.39, 0.29) is 22.3 Å². The van der Waals surface area contributed by atoms with Crippen LogP contribution in [0.2, 0.25) is 5.02 Å². The zero-order valence-corrected chi connectivity index (χ0v) is 15.5. The first-order chi connectivity index (χ1) is 13.6. The molecule has 2 N–H and O–H groups in total. The number of pyridine rings is 1. The van der Waals surface area contributed by atoms with Crippen LogP contribution in [0.5, 0.6) is 11.5 Å². The minimum atomic E-state index is -0.319. The molecule has 0 saturated heterocycles. The molecule has 28 heavy (non-hydrogen) atoms. The standard InChI is InChI=1S/C21H15ClFN3O2/c1-28-17-11-14(10-16(22)20(17)27)21-25-18(12-2-4-15(23)5-3-12)19(26-21)13-6-8-24-9-7-13/h2-11,27H,1H3,(H,25,26). The van der Waals surface area contributed by atoms with Crippen molar-refractivity contribution in [3.05, 3.63) is 71.8 Å². The van der Waals surface area contributed by atoms with Crippen LogP contribution in [-0.4, -0.2) is 27.2 Å². The summed E-state index contributed by atoms with van der Waals surface area (Å²) in [5.74, 6) is 0.326. The third-order valence-electron chi connectivity index (χ3n) is 4.31. The molecule has 2 heterocycles. The van der Waals surface area contributed by atoms with Crippen LogP contribution >= 0.6 is 11.6 Å². The van der Waals surface area contributed by atoms with Gasteiger partial charge in [-0.15, -0.1) is 0 Å². The molecule has 0 radical (unpaired) electrons. The summed E-state index contributed by atoms with van der Waals surface area (Å²) in [4.78, 5) is 12.1. The summed E-state index contributed by atoms with van der Waals surface area (Å²) in [5.41, 5.74) is 3.69. The Bertz CT molecular complexity index is 1130. The lowest BCUT2D eigenvalue weighted by atomic mass is 10.1. The Morgan fingerprint density at radius 3 is 2.39 bits per heavy atom. The Hall–Kier alpha value is -3.38. The summed E-state index contributed by atoms with van der Waals surface area (Å²) in [7, 11) is 1.45. The number of hydrogen-bond acceptors (Lipinski definition) is 4. The molecular formula is C21H15ClFN3O2. The van der Waals surface area contributed by atoms with Crippen molar-refractivity contribution in [1.82, 2.24) is 15.0 Å². The molecule has 140 valence electrons. The van der Waals surface area contributed by atoms with Crippen molar-refractivity contribution in [3.8, 4) is 45.4 Å². The van der Waals surface area contributed by atoms with Crippen LogP contribution in [0.3, 0.4) is 0 Å². The minimum Gasteiger partial charge on any atom is -0.503 e. The predicted molar refractivity (Wildman–Crippen MR) is 106 cm³/mol. The van der Waals surface area contributed by atoms with E-state index < -0.39 is 0 Å². The van der Waals surface area contributed by atoms with Crippen molar-refractivity contribution in [2.75, 3.05) is 7.11 Å². The second-order valence-corrected chi connectivity index (χ2v) is 6.47. The van der Waals surface area contributed by atoms with Crippen LogP contribution in [0.4, 0.5) is 4.39 Å². The molecule has 0 bridgehead atoms. The number of ether oxygens (including phenoxy) is 1. The molecular weight excluding hydrogens is 381 g/mol. The highest BCUT2D eigenvalue weighted by Crippen LogP contribution is 2.39. The fraction of sp³-hybridized carbons (Fsp3) is 0.0476. The van der Waals surface area contributed by atoms with E-state index in [9.17, 15) is 9.50 Å². The quantitative estimate of drug-likeness (QED) is 0.491. The van der Waals surface area contributed by atoms with Crippen LogP contribution in [-0.2, 0) is 0 Å². The lowest BCUT2D eigenvalue weighted by Crippen LogP contribution is -1.88. The van der Waals surface area contributed by atoms with E-state index in [1.54, 1.807) is 36.7 Å². The van der Waals surface area contributed by atoms with Crippen molar-refractivity contribution in [2.24, 2.45) is 0 Å². The number of aromatic amines is 1. The van der Waals surface area contributed by atoms with Crippen LogP contribution in [0.1, 0.15) is 0 Å². The average molecular weight is 396 g/mol. The number of nitrogens with zero attached hydrogens (tertiary/aromatic N) is 2. The van der Waals surface area contributed by atoms with Crippen molar-refractivity contribution in [1.29, 1.82) is 0 Å². The third-order valence-corrected chi connectivity index (χ3v) is 4.60. The third kappa shape index (κ3) is 3.30. The molecule has 0 fully saturated rings. The Morgan fingerprint density at radius 2 is 1.71 bits per heavy atom. The number of methoxy groups -OCH3 is 1. The summed E-state index contributed by atoms with van der Waals surface area (Å²) in [6.07, 6.45) is 3.37. The second kappa shape index (κ2) is 7.32. The van der Waals surface area contributed by atoms with Crippen LogP contribution in [0.15, 0.2) is 60.9 Å². The van der Waals surface area contributed by atoms with Gasteiger partial charge in [0.2, 0.25) is 0 Å². The highest BCUT2D eigenvalue weighted by Gasteiger charge is 2.18. The Kier molecular flexibility index (Phi) is 4.71. The lowest BCUT2D eigenvalue weighted by Gasteiger charge is -2.07. The average Bonchev–Trinajstić information content (AvgIpc) is 3.16. The van der Waals surface area contributed by atoms with E-state index in [0.29, 0.717) is 17.1 Å². The smallest absolute Gasteiger partial charge is 0.176 e. The van der Waals surface area contributed by atoms with Gasteiger partial charge in [0.15, 0.2) is 11.5 Å². The van der Waals surface area contributed by atoms with Crippen LogP contribution in [0, 0.1) is 5.82 Å². The maximum atomic E-state index is 13.4. The fourth-order valence-electron chi connectivity index (χ4n) is 2.92. The summed E-state index contributed by atoms with van der Waals surface area (Å²) in [5, 5.41) is 10.1. The topological polar surface area (TPSA) is 71.0 Å². The molecule has 0 atom stereocenters. The number of halogens is 2. The zero-order valence-electron chi connectivity index (χ0n) is 14.8. The number of phenols is 1. The molecule has 0 saturated carbocycles. The highest BCUT2D eigenvalue weighted by atomic mass is 35.5. The number of hydrogen-bond donors (Lipinski definition) is 2. The van der Waals surface area contributed by atoms with Crippen molar-refractivity contribution < 1.29 is 14.2 Å². The van der Waals surface area contributed by atoms with E-state index in [1.165, 1.54) is 19.2 Å². The fourth-order valence-corrected chi connectivity index (χ4v) is 3.13. The molecule has 2 aromatic carbocycles. The summed E-state index contributed by atoms with van der Waals surface area (Å²) < 4.78 is 18.6. The second-order valence-electron chi connectivity index (χ2n) is 6.06. The normalized spacial score (nSPS) is 10.8. The van der Waals surface area contributed by atoms with Gasteiger partial charge in [0.1, 0.15) is 11.6 Å². The highest BCUT2D eigenvalue weighted by molar-refractivity contribution is 6.32. The zero-order chi connectivity index (χ0) is 19.7. The Labute approximate surface area is 165 Å². The van der Waals surface area contributed by atoms with Gasteiger partial charge in [0.05, 0.1) is 23.5 Å². The molecule has 0 aliphatic rings. The van der Waals surface area contributed by atoms with Crippen molar-refractivity contribution in [2.45, 2.75) is 0 Å². The molecule has 5 nitrogen and oxygen atoms in total. The summed E-state index contributed by atoms with van der Waals surface area (Å²) in [6, 6.07) is 13.1. The van der Waals surface area contributed by atoms with Gasteiger partial charge in [-0.3, -0.25) is 4.98 Å². The molecule has 0 aliphatic heterocycles. The largest absolute Gasteiger partial charge is 0.503 e. The summed E-state index contributed by atoms with van der Waals surface area (Å²) >= 11 is 6.12. The van der Waals surface area contributed by atoms with E-state index in [0.717, 1.165) is 16.8 Å². The van der Waals surface area contributed by atoms with Gasteiger partial charge < -0.3 is 14.8 Å². The van der Waals surface area contributed by atoms with Gasteiger partial charge >= 0.3 is 0 Å². The first-order valence-electron chi connectivity index (χ1n) is 8.40. The van der Waals surface area contributed by atoms with E-state index in [2.05, 4.69) is 9.97 Å². The molecule has 7 heteroatoms. The molecule has 0 aliphatic carbocycles. The lowest BCUT2D eigenvalue weighted by molar-refractivity contribution is 0.374. The minimum absolute atomic E-state index is 0.132. The first kappa shape index (κ1) is 18.0. The first-order valence-corrected chi connectivity index (χ1v) is 8.78. The summed E-state index contributed by atoms with van der Waals surface area (Å²) in [6.45, 7) is 0. The van der Waals surface area contributed by atoms with E-state index >= 15 is 0 Å². The number of imidazole rings is 1. The van der Waals surface area contributed by atoms with Gasteiger partial charge in [-0.05, 0) is 48.5 Å². The molecule has 0 spiro atoms. The monoisotopic (exact) mass is 395 g/mol. The predicted octanol–water partition coefficient (Wildman–Crippen LogP) is 5.31. The number of H-pyrrole nitrogens is 1. The Balaban J connectivity index is 1.91. The molecule has 2 aromatic heterocycles.